The first kappa shape index (κ1) is 15.3. The molecule has 4 heteroatoms. The van der Waals surface area contributed by atoms with E-state index in [1.807, 2.05) is 18.2 Å². The van der Waals surface area contributed by atoms with Crippen molar-refractivity contribution in [2.45, 2.75) is 38.3 Å². The van der Waals surface area contributed by atoms with E-state index in [0.29, 0.717) is 17.8 Å². The van der Waals surface area contributed by atoms with Crippen LogP contribution in [0.3, 0.4) is 0 Å². The van der Waals surface area contributed by atoms with Gasteiger partial charge in [0.1, 0.15) is 0 Å². The van der Waals surface area contributed by atoms with E-state index < -0.39 is 0 Å². The summed E-state index contributed by atoms with van der Waals surface area (Å²) in [5.41, 5.74) is 2.03. The van der Waals surface area contributed by atoms with Crippen LogP contribution in [-0.2, 0) is 6.54 Å². The zero-order valence-corrected chi connectivity index (χ0v) is 13.1. The van der Waals surface area contributed by atoms with Gasteiger partial charge < -0.3 is 15.2 Å². The predicted octanol–water partition coefficient (Wildman–Crippen LogP) is 2.88. The number of aliphatic hydroxyl groups excluding tert-OH is 1. The Morgan fingerprint density at radius 3 is 2.91 bits per heavy atom. The number of nitrogens with one attached hydrogen (secondary N) is 1. The molecule has 4 nitrogen and oxygen atoms in total. The van der Waals surface area contributed by atoms with Crippen LogP contribution in [0.25, 0.3) is 10.9 Å². The average Bonchev–Trinajstić information content (AvgIpc) is 2.59. The molecule has 0 bridgehead atoms. The fourth-order valence-electron chi connectivity index (χ4n) is 3.38. The summed E-state index contributed by atoms with van der Waals surface area (Å²) in [6.07, 6.45) is 4.71. The van der Waals surface area contributed by atoms with E-state index in [4.69, 9.17) is 4.74 Å². The van der Waals surface area contributed by atoms with Crippen LogP contribution in [0, 0.1) is 5.92 Å². The molecule has 2 aromatic rings. The molecule has 1 aromatic carbocycles. The van der Waals surface area contributed by atoms with E-state index in [2.05, 4.69) is 22.4 Å². The van der Waals surface area contributed by atoms with Crippen LogP contribution in [0.2, 0.25) is 0 Å². The smallest absolute Gasteiger partial charge is 0.218 e. The van der Waals surface area contributed by atoms with Crippen molar-refractivity contribution < 1.29 is 9.84 Å². The van der Waals surface area contributed by atoms with Crippen LogP contribution >= 0.6 is 0 Å². The lowest BCUT2D eigenvalue weighted by atomic mass is 9.85. The van der Waals surface area contributed by atoms with Gasteiger partial charge >= 0.3 is 0 Å². The standard InChI is InChI=1S/C18H24N2O2/c1-22-18-15(10-13-6-2-5-9-17(13)20-18)11-19-16-8-4-3-7-14(16)12-21/h2,5-6,9-10,14,16,19,21H,3-4,7-8,11-12H2,1H3. The van der Waals surface area contributed by atoms with Gasteiger partial charge in [0.25, 0.3) is 0 Å². The van der Waals surface area contributed by atoms with Crippen molar-refractivity contribution in [3.8, 4) is 5.88 Å². The van der Waals surface area contributed by atoms with Crippen molar-refractivity contribution in [1.29, 1.82) is 0 Å². The molecule has 1 heterocycles. The molecule has 0 saturated heterocycles. The normalized spacial score (nSPS) is 21.9. The second-order valence-electron chi connectivity index (χ2n) is 6.06. The number of ether oxygens (including phenoxy) is 1. The van der Waals surface area contributed by atoms with E-state index in [1.165, 1.54) is 12.8 Å². The largest absolute Gasteiger partial charge is 0.481 e. The van der Waals surface area contributed by atoms with Crippen LogP contribution in [-0.4, -0.2) is 29.8 Å². The fourth-order valence-corrected chi connectivity index (χ4v) is 3.38. The number of nitrogens with zero attached hydrogens (tertiary/aromatic N) is 1. The molecule has 118 valence electrons. The molecule has 3 rings (SSSR count). The lowest BCUT2D eigenvalue weighted by Crippen LogP contribution is -2.39. The highest BCUT2D eigenvalue weighted by molar-refractivity contribution is 5.80. The second-order valence-corrected chi connectivity index (χ2v) is 6.06. The van der Waals surface area contributed by atoms with Crippen LogP contribution in [0.1, 0.15) is 31.2 Å². The lowest BCUT2D eigenvalue weighted by Gasteiger charge is -2.31. The van der Waals surface area contributed by atoms with Crippen LogP contribution < -0.4 is 10.1 Å². The number of aromatic nitrogens is 1. The average molecular weight is 300 g/mol. The maximum absolute atomic E-state index is 9.52. The van der Waals surface area contributed by atoms with Gasteiger partial charge in [-0.2, -0.15) is 0 Å². The van der Waals surface area contributed by atoms with Gasteiger partial charge in [0.15, 0.2) is 0 Å². The summed E-state index contributed by atoms with van der Waals surface area (Å²) < 4.78 is 5.45. The van der Waals surface area contributed by atoms with Gasteiger partial charge in [-0.3, -0.25) is 0 Å². The number of benzene rings is 1. The summed E-state index contributed by atoms with van der Waals surface area (Å²) >= 11 is 0. The van der Waals surface area contributed by atoms with Gasteiger partial charge in [-0.25, -0.2) is 4.98 Å². The molecule has 1 fully saturated rings. The highest BCUT2D eigenvalue weighted by Gasteiger charge is 2.24. The van der Waals surface area contributed by atoms with Gasteiger partial charge in [0.05, 0.1) is 12.6 Å². The highest BCUT2D eigenvalue weighted by atomic mass is 16.5. The van der Waals surface area contributed by atoms with Crippen molar-refractivity contribution in [3.63, 3.8) is 0 Å². The number of hydrogen-bond donors (Lipinski definition) is 2. The third-order valence-corrected chi connectivity index (χ3v) is 4.65. The topological polar surface area (TPSA) is 54.4 Å². The number of para-hydroxylation sites is 1. The molecule has 22 heavy (non-hydrogen) atoms. The molecule has 1 aliphatic carbocycles. The zero-order chi connectivity index (χ0) is 15.4. The van der Waals surface area contributed by atoms with Crippen molar-refractivity contribution in [2.24, 2.45) is 5.92 Å². The molecule has 2 atom stereocenters. The minimum atomic E-state index is 0.269. The van der Waals surface area contributed by atoms with Gasteiger partial charge in [0, 0.05) is 30.1 Å². The van der Waals surface area contributed by atoms with E-state index >= 15 is 0 Å². The number of pyridine rings is 1. The number of aliphatic hydroxyl groups is 1. The Bertz CT molecular complexity index is 630. The molecular weight excluding hydrogens is 276 g/mol. The third kappa shape index (κ3) is 3.23. The summed E-state index contributed by atoms with van der Waals surface area (Å²) in [4.78, 5) is 4.58. The molecule has 0 amide bonds. The second kappa shape index (κ2) is 7.07. The highest BCUT2D eigenvalue weighted by Crippen LogP contribution is 2.26. The number of methoxy groups -OCH3 is 1. The first-order valence-corrected chi connectivity index (χ1v) is 8.08. The lowest BCUT2D eigenvalue weighted by molar-refractivity contribution is 0.152. The minimum absolute atomic E-state index is 0.269. The van der Waals surface area contributed by atoms with Gasteiger partial charge in [-0.15, -0.1) is 0 Å². The first-order chi connectivity index (χ1) is 10.8. The van der Waals surface area contributed by atoms with E-state index in [9.17, 15) is 5.11 Å². The molecular formula is C18H24N2O2. The maximum atomic E-state index is 9.52. The van der Waals surface area contributed by atoms with Gasteiger partial charge in [-0.1, -0.05) is 31.0 Å². The Hall–Kier alpha value is -1.65. The fraction of sp³-hybridized carbons (Fsp3) is 0.500. The van der Waals surface area contributed by atoms with E-state index in [0.717, 1.165) is 35.9 Å². The Balaban J connectivity index is 1.77. The van der Waals surface area contributed by atoms with Crippen LogP contribution in [0.4, 0.5) is 0 Å². The molecule has 1 saturated carbocycles. The van der Waals surface area contributed by atoms with Gasteiger partial charge in [-0.05, 0) is 30.9 Å². The molecule has 2 N–H and O–H groups in total. The molecule has 0 radical (unpaired) electrons. The number of rotatable bonds is 5. The Morgan fingerprint density at radius 1 is 1.27 bits per heavy atom. The van der Waals surface area contributed by atoms with Crippen molar-refractivity contribution in [1.82, 2.24) is 10.3 Å². The van der Waals surface area contributed by atoms with Crippen molar-refractivity contribution in [2.75, 3.05) is 13.7 Å². The molecule has 2 unspecified atom stereocenters. The quantitative estimate of drug-likeness (QED) is 0.891. The maximum Gasteiger partial charge on any atom is 0.218 e. The van der Waals surface area contributed by atoms with Crippen LogP contribution in [0.5, 0.6) is 5.88 Å². The monoisotopic (exact) mass is 300 g/mol. The first-order valence-electron chi connectivity index (χ1n) is 8.08. The molecule has 0 aliphatic heterocycles. The third-order valence-electron chi connectivity index (χ3n) is 4.65. The summed E-state index contributed by atoms with van der Waals surface area (Å²) in [5.74, 6) is 1.05. The number of fused-ring (bicyclic) bond motifs is 1. The van der Waals surface area contributed by atoms with E-state index in [-0.39, 0.29) is 6.61 Å². The van der Waals surface area contributed by atoms with E-state index in [1.54, 1.807) is 7.11 Å². The summed E-state index contributed by atoms with van der Waals surface area (Å²) in [6, 6.07) is 10.6. The predicted molar refractivity (Wildman–Crippen MR) is 88.0 cm³/mol. The Kier molecular flexibility index (Phi) is 4.90. The Labute approximate surface area is 131 Å². The van der Waals surface area contributed by atoms with Crippen LogP contribution in [0.15, 0.2) is 30.3 Å². The SMILES string of the molecule is COc1nc2ccccc2cc1CNC1CCCCC1CO. The summed E-state index contributed by atoms with van der Waals surface area (Å²) in [6.45, 7) is 0.993. The zero-order valence-electron chi connectivity index (χ0n) is 13.1. The summed E-state index contributed by atoms with van der Waals surface area (Å²) in [7, 11) is 1.66. The summed E-state index contributed by atoms with van der Waals surface area (Å²) in [5, 5.41) is 14.2. The molecule has 1 aromatic heterocycles. The van der Waals surface area contributed by atoms with Gasteiger partial charge in [0.2, 0.25) is 5.88 Å². The molecule has 1 aliphatic rings. The minimum Gasteiger partial charge on any atom is -0.481 e. The Morgan fingerprint density at radius 2 is 2.09 bits per heavy atom. The molecule has 0 spiro atoms. The van der Waals surface area contributed by atoms with Crippen molar-refractivity contribution >= 4 is 10.9 Å². The number of hydrogen-bond acceptors (Lipinski definition) is 4. The van der Waals surface area contributed by atoms with Crippen molar-refractivity contribution in [3.05, 3.63) is 35.9 Å².